The molecule has 2 aromatic heterocycles. The lowest BCUT2D eigenvalue weighted by molar-refractivity contribution is 0.476. The molecule has 2 heterocycles. The molecule has 0 unspecified atom stereocenters. The van der Waals surface area contributed by atoms with Gasteiger partial charge in [0.2, 0.25) is 0 Å². The number of fused-ring (bicyclic) bond motifs is 3. The summed E-state index contributed by atoms with van der Waals surface area (Å²) in [5.41, 5.74) is 7.80. The summed E-state index contributed by atoms with van der Waals surface area (Å²) in [6.07, 6.45) is 1.68. The van der Waals surface area contributed by atoms with E-state index < -0.39 is 0 Å². The van der Waals surface area contributed by atoms with Crippen molar-refractivity contribution in [2.24, 2.45) is 7.05 Å². The first-order chi connectivity index (χ1) is 7.68. The maximum absolute atomic E-state index is 9.51. The number of benzene rings is 1. The molecule has 3 N–H and O–H groups in total. The fourth-order valence-corrected chi connectivity index (χ4v) is 2.19. The summed E-state index contributed by atoms with van der Waals surface area (Å²) < 4.78 is 1.99. The lowest BCUT2D eigenvalue weighted by Gasteiger charge is -1.99. The number of hydrogen-bond acceptors (Lipinski definition) is 3. The standard InChI is InChI=1S/C12H11N3O/c1-15-10-3-2-7(16)6-9(10)8-4-5-14-12(13)11(8)15/h2-6,16H,1H3,(H2,13,14). The van der Waals surface area contributed by atoms with Crippen molar-refractivity contribution in [3.8, 4) is 5.75 Å². The van der Waals surface area contributed by atoms with E-state index in [0.29, 0.717) is 5.82 Å². The third-order valence-electron chi connectivity index (χ3n) is 2.92. The van der Waals surface area contributed by atoms with Crippen LogP contribution in [0.2, 0.25) is 0 Å². The Morgan fingerprint density at radius 2 is 2.06 bits per heavy atom. The second kappa shape index (κ2) is 2.88. The van der Waals surface area contributed by atoms with E-state index in [-0.39, 0.29) is 5.75 Å². The van der Waals surface area contributed by atoms with Crippen LogP contribution in [-0.4, -0.2) is 14.7 Å². The van der Waals surface area contributed by atoms with Gasteiger partial charge in [-0.1, -0.05) is 0 Å². The molecule has 0 aliphatic heterocycles. The van der Waals surface area contributed by atoms with Crippen molar-refractivity contribution in [1.82, 2.24) is 9.55 Å². The van der Waals surface area contributed by atoms with Gasteiger partial charge in [-0.15, -0.1) is 0 Å². The third kappa shape index (κ3) is 1.01. The van der Waals surface area contributed by atoms with Gasteiger partial charge in [0.25, 0.3) is 0 Å². The summed E-state index contributed by atoms with van der Waals surface area (Å²) in [4.78, 5) is 4.08. The van der Waals surface area contributed by atoms with Crippen LogP contribution in [0.4, 0.5) is 5.82 Å². The Morgan fingerprint density at radius 1 is 1.25 bits per heavy atom. The van der Waals surface area contributed by atoms with Crippen LogP contribution >= 0.6 is 0 Å². The predicted molar refractivity (Wildman–Crippen MR) is 64.3 cm³/mol. The van der Waals surface area contributed by atoms with Gasteiger partial charge in [0, 0.05) is 29.5 Å². The Hall–Kier alpha value is -2.23. The zero-order valence-electron chi connectivity index (χ0n) is 8.81. The number of rotatable bonds is 0. The van der Waals surface area contributed by atoms with Gasteiger partial charge in [0.15, 0.2) is 0 Å². The molecule has 0 amide bonds. The number of nitrogen functional groups attached to an aromatic ring is 1. The minimum Gasteiger partial charge on any atom is -0.508 e. The lowest BCUT2D eigenvalue weighted by atomic mass is 10.2. The second-order valence-electron chi connectivity index (χ2n) is 3.85. The zero-order valence-corrected chi connectivity index (χ0v) is 8.81. The fourth-order valence-electron chi connectivity index (χ4n) is 2.19. The Morgan fingerprint density at radius 3 is 2.88 bits per heavy atom. The van der Waals surface area contributed by atoms with Gasteiger partial charge in [-0.3, -0.25) is 0 Å². The highest BCUT2D eigenvalue weighted by Crippen LogP contribution is 2.32. The van der Waals surface area contributed by atoms with E-state index in [4.69, 9.17) is 5.73 Å². The number of phenolic OH excluding ortho intramolecular Hbond substituents is 1. The topological polar surface area (TPSA) is 64.1 Å². The van der Waals surface area contributed by atoms with E-state index in [0.717, 1.165) is 21.8 Å². The van der Waals surface area contributed by atoms with Gasteiger partial charge in [-0.05, 0) is 24.3 Å². The average Bonchev–Trinajstić information content (AvgIpc) is 2.54. The van der Waals surface area contributed by atoms with Gasteiger partial charge in [0.1, 0.15) is 11.6 Å². The molecule has 0 saturated carbocycles. The van der Waals surface area contributed by atoms with E-state index in [1.54, 1.807) is 18.3 Å². The summed E-state index contributed by atoms with van der Waals surface area (Å²) in [6.45, 7) is 0. The predicted octanol–water partition coefficient (Wildman–Crippen LogP) is 2.01. The summed E-state index contributed by atoms with van der Waals surface area (Å²) in [7, 11) is 1.94. The van der Waals surface area contributed by atoms with Crippen LogP contribution in [0.25, 0.3) is 21.8 Å². The van der Waals surface area contributed by atoms with Gasteiger partial charge < -0.3 is 15.4 Å². The van der Waals surface area contributed by atoms with Crippen LogP contribution in [0, 0.1) is 0 Å². The van der Waals surface area contributed by atoms with Gasteiger partial charge in [-0.2, -0.15) is 0 Å². The van der Waals surface area contributed by atoms with Gasteiger partial charge >= 0.3 is 0 Å². The van der Waals surface area contributed by atoms with Crippen molar-refractivity contribution in [3.05, 3.63) is 30.5 Å². The second-order valence-corrected chi connectivity index (χ2v) is 3.85. The first kappa shape index (κ1) is 9.03. The van der Waals surface area contributed by atoms with Crippen molar-refractivity contribution >= 4 is 27.6 Å². The molecule has 3 aromatic rings. The summed E-state index contributed by atoms with van der Waals surface area (Å²) in [6, 6.07) is 7.21. The molecule has 0 aliphatic rings. The van der Waals surface area contributed by atoms with Crippen LogP contribution in [-0.2, 0) is 7.05 Å². The van der Waals surface area contributed by atoms with Crippen LogP contribution in [0.3, 0.4) is 0 Å². The van der Waals surface area contributed by atoms with Crippen molar-refractivity contribution in [3.63, 3.8) is 0 Å². The fraction of sp³-hybridized carbons (Fsp3) is 0.0833. The maximum atomic E-state index is 9.51. The summed E-state index contributed by atoms with van der Waals surface area (Å²) in [5.74, 6) is 0.770. The molecule has 0 radical (unpaired) electrons. The molecule has 0 saturated heterocycles. The van der Waals surface area contributed by atoms with Crippen molar-refractivity contribution < 1.29 is 5.11 Å². The minimum atomic E-state index is 0.260. The molecule has 0 fully saturated rings. The van der Waals surface area contributed by atoms with Crippen molar-refractivity contribution in [2.75, 3.05) is 5.73 Å². The van der Waals surface area contributed by atoms with Crippen LogP contribution in [0.1, 0.15) is 0 Å². The highest BCUT2D eigenvalue weighted by Gasteiger charge is 2.10. The zero-order chi connectivity index (χ0) is 11.3. The molecule has 0 spiro atoms. The SMILES string of the molecule is Cn1c2ccc(O)cc2c2ccnc(N)c21. The van der Waals surface area contributed by atoms with E-state index in [2.05, 4.69) is 4.98 Å². The molecule has 1 aromatic carbocycles. The number of hydrogen-bond donors (Lipinski definition) is 2. The lowest BCUT2D eigenvalue weighted by Crippen LogP contribution is -1.95. The Labute approximate surface area is 91.9 Å². The Balaban J connectivity index is 2.65. The molecule has 16 heavy (non-hydrogen) atoms. The molecule has 80 valence electrons. The number of aryl methyl sites for hydroxylation is 1. The van der Waals surface area contributed by atoms with Crippen LogP contribution in [0.5, 0.6) is 5.75 Å². The largest absolute Gasteiger partial charge is 0.508 e. The minimum absolute atomic E-state index is 0.260. The Kier molecular flexibility index (Phi) is 1.63. The number of aromatic nitrogens is 2. The highest BCUT2D eigenvalue weighted by molar-refractivity contribution is 6.11. The average molecular weight is 213 g/mol. The first-order valence-corrected chi connectivity index (χ1v) is 5.00. The van der Waals surface area contributed by atoms with Crippen molar-refractivity contribution in [1.29, 1.82) is 0 Å². The number of nitrogens with zero attached hydrogens (tertiary/aromatic N) is 2. The van der Waals surface area contributed by atoms with E-state index in [1.807, 2.05) is 23.7 Å². The smallest absolute Gasteiger partial charge is 0.147 e. The van der Waals surface area contributed by atoms with Crippen LogP contribution in [0.15, 0.2) is 30.5 Å². The quantitative estimate of drug-likeness (QED) is 0.600. The molecule has 3 rings (SSSR count). The molecular weight excluding hydrogens is 202 g/mol. The normalized spacial score (nSPS) is 11.3. The number of phenols is 1. The molecular formula is C12H11N3O. The van der Waals surface area contributed by atoms with Gasteiger partial charge in [-0.25, -0.2) is 4.98 Å². The number of nitrogens with two attached hydrogens (primary N) is 1. The molecule has 0 atom stereocenters. The highest BCUT2D eigenvalue weighted by atomic mass is 16.3. The molecule has 4 nitrogen and oxygen atoms in total. The number of anilines is 1. The van der Waals surface area contributed by atoms with Crippen molar-refractivity contribution in [2.45, 2.75) is 0 Å². The third-order valence-corrected chi connectivity index (χ3v) is 2.92. The molecule has 0 aliphatic carbocycles. The monoisotopic (exact) mass is 213 g/mol. The number of pyridine rings is 1. The number of aromatic hydroxyl groups is 1. The van der Waals surface area contributed by atoms with E-state index >= 15 is 0 Å². The summed E-state index contributed by atoms with van der Waals surface area (Å²) in [5, 5.41) is 11.5. The maximum Gasteiger partial charge on any atom is 0.147 e. The van der Waals surface area contributed by atoms with Crippen LogP contribution < -0.4 is 5.73 Å². The van der Waals surface area contributed by atoms with E-state index in [9.17, 15) is 5.11 Å². The molecule has 4 heteroatoms. The first-order valence-electron chi connectivity index (χ1n) is 5.00. The van der Waals surface area contributed by atoms with Gasteiger partial charge in [0.05, 0.1) is 5.52 Å². The molecule has 0 bridgehead atoms. The van der Waals surface area contributed by atoms with E-state index in [1.165, 1.54) is 0 Å². The summed E-state index contributed by atoms with van der Waals surface area (Å²) >= 11 is 0. The Bertz CT molecular complexity index is 700.